The van der Waals surface area contributed by atoms with Crippen molar-refractivity contribution < 1.29 is 0 Å². The maximum Gasteiger partial charge on any atom is 0.223 e. The van der Waals surface area contributed by atoms with Gasteiger partial charge < -0.3 is 11.1 Å². The molecule has 0 atom stereocenters. The molecule has 1 aliphatic rings. The quantitative estimate of drug-likeness (QED) is 0.859. The second kappa shape index (κ2) is 5.65. The molecule has 4 heteroatoms. The highest BCUT2D eigenvalue weighted by molar-refractivity contribution is 5.28. The molecule has 0 radical (unpaired) electrons. The third-order valence-electron chi connectivity index (χ3n) is 3.95. The molecule has 0 amide bonds. The summed E-state index contributed by atoms with van der Waals surface area (Å²) in [5.41, 5.74) is 8.25. The molecule has 0 unspecified atom stereocenters. The number of hydrogen-bond acceptors (Lipinski definition) is 4. The van der Waals surface area contributed by atoms with Gasteiger partial charge in [0.1, 0.15) is 0 Å². The van der Waals surface area contributed by atoms with Gasteiger partial charge in [-0.3, -0.25) is 0 Å². The number of nitrogens with two attached hydrogens (primary N) is 1. The first kappa shape index (κ1) is 13.3. The monoisotopic (exact) mass is 248 g/mol. The number of aromatic nitrogens is 2. The molecule has 0 aliphatic heterocycles. The molecular weight excluding hydrogens is 224 g/mol. The van der Waals surface area contributed by atoms with E-state index in [1.54, 1.807) is 0 Å². The van der Waals surface area contributed by atoms with E-state index >= 15 is 0 Å². The largest absolute Gasteiger partial charge is 0.354 e. The number of nitrogens with one attached hydrogen (secondary N) is 1. The van der Waals surface area contributed by atoms with Gasteiger partial charge in [0.15, 0.2) is 0 Å². The second-order valence-electron chi connectivity index (χ2n) is 5.59. The standard InChI is InChI=1S/C14H24N4/c1-11-8-12(2)18-13(17-11)16-10-14(9-15)6-4-3-5-7-14/h8H,3-7,9-10,15H2,1-2H3,(H,16,17,18). The van der Waals surface area contributed by atoms with E-state index in [1.807, 2.05) is 19.9 Å². The van der Waals surface area contributed by atoms with Crippen LogP contribution in [0.4, 0.5) is 5.95 Å². The summed E-state index contributed by atoms with van der Waals surface area (Å²) in [7, 11) is 0. The third kappa shape index (κ3) is 3.19. The Labute approximate surface area is 109 Å². The molecule has 2 rings (SSSR count). The third-order valence-corrected chi connectivity index (χ3v) is 3.95. The minimum Gasteiger partial charge on any atom is -0.354 e. The smallest absolute Gasteiger partial charge is 0.223 e. The first-order chi connectivity index (χ1) is 8.63. The van der Waals surface area contributed by atoms with E-state index in [2.05, 4.69) is 15.3 Å². The second-order valence-corrected chi connectivity index (χ2v) is 5.59. The average Bonchev–Trinajstić information content (AvgIpc) is 2.36. The number of nitrogens with zero attached hydrogens (tertiary/aromatic N) is 2. The lowest BCUT2D eigenvalue weighted by Crippen LogP contribution is -2.39. The van der Waals surface area contributed by atoms with E-state index in [1.165, 1.54) is 32.1 Å². The Morgan fingerprint density at radius 2 is 1.78 bits per heavy atom. The van der Waals surface area contributed by atoms with Crippen LogP contribution >= 0.6 is 0 Å². The minimum atomic E-state index is 0.249. The van der Waals surface area contributed by atoms with Gasteiger partial charge in [0.25, 0.3) is 0 Å². The molecule has 1 aromatic heterocycles. The van der Waals surface area contributed by atoms with Crippen LogP contribution in [-0.4, -0.2) is 23.1 Å². The molecule has 4 nitrogen and oxygen atoms in total. The van der Waals surface area contributed by atoms with Gasteiger partial charge in [0.05, 0.1) is 0 Å². The van der Waals surface area contributed by atoms with Crippen molar-refractivity contribution in [2.45, 2.75) is 46.0 Å². The lowest BCUT2D eigenvalue weighted by molar-refractivity contribution is 0.215. The van der Waals surface area contributed by atoms with E-state index in [-0.39, 0.29) is 5.41 Å². The van der Waals surface area contributed by atoms with Gasteiger partial charge in [-0.05, 0) is 44.7 Å². The first-order valence-corrected chi connectivity index (χ1v) is 6.90. The maximum atomic E-state index is 5.98. The van der Waals surface area contributed by atoms with Gasteiger partial charge in [-0.25, -0.2) is 9.97 Å². The fraction of sp³-hybridized carbons (Fsp3) is 0.714. The van der Waals surface area contributed by atoms with Crippen LogP contribution in [-0.2, 0) is 0 Å². The Bertz CT molecular complexity index is 377. The van der Waals surface area contributed by atoms with Crippen LogP contribution in [0.3, 0.4) is 0 Å². The van der Waals surface area contributed by atoms with Crippen LogP contribution in [0.5, 0.6) is 0 Å². The fourth-order valence-electron chi connectivity index (χ4n) is 2.83. The molecule has 3 N–H and O–H groups in total. The van der Waals surface area contributed by atoms with Gasteiger partial charge >= 0.3 is 0 Å². The summed E-state index contributed by atoms with van der Waals surface area (Å²) < 4.78 is 0. The first-order valence-electron chi connectivity index (χ1n) is 6.90. The number of rotatable bonds is 4. The van der Waals surface area contributed by atoms with Crippen LogP contribution in [0.1, 0.15) is 43.5 Å². The Kier molecular flexibility index (Phi) is 4.17. The summed E-state index contributed by atoms with van der Waals surface area (Å²) in [6.45, 7) is 5.65. The van der Waals surface area contributed by atoms with Crippen LogP contribution < -0.4 is 11.1 Å². The van der Waals surface area contributed by atoms with Gasteiger partial charge in [0, 0.05) is 17.9 Å². The number of anilines is 1. The highest BCUT2D eigenvalue weighted by Gasteiger charge is 2.30. The lowest BCUT2D eigenvalue weighted by Gasteiger charge is -2.36. The van der Waals surface area contributed by atoms with Crippen molar-refractivity contribution in [1.29, 1.82) is 0 Å². The summed E-state index contributed by atoms with van der Waals surface area (Å²) in [6.07, 6.45) is 6.39. The molecule has 0 aromatic carbocycles. The van der Waals surface area contributed by atoms with Gasteiger partial charge in [0.2, 0.25) is 5.95 Å². The van der Waals surface area contributed by atoms with E-state index < -0.39 is 0 Å². The van der Waals surface area contributed by atoms with Crippen molar-refractivity contribution in [3.05, 3.63) is 17.5 Å². The molecule has 18 heavy (non-hydrogen) atoms. The van der Waals surface area contributed by atoms with Crippen molar-refractivity contribution in [3.8, 4) is 0 Å². The van der Waals surface area contributed by atoms with E-state index in [0.29, 0.717) is 0 Å². The molecule has 1 fully saturated rings. The average molecular weight is 248 g/mol. The Hall–Kier alpha value is -1.16. The van der Waals surface area contributed by atoms with Gasteiger partial charge in [-0.2, -0.15) is 0 Å². The summed E-state index contributed by atoms with van der Waals surface area (Å²) in [5.74, 6) is 0.742. The van der Waals surface area contributed by atoms with Crippen LogP contribution in [0, 0.1) is 19.3 Å². The predicted octanol–water partition coefficient (Wildman–Crippen LogP) is 2.41. The molecule has 100 valence electrons. The molecule has 1 aliphatic carbocycles. The highest BCUT2D eigenvalue weighted by atomic mass is 15.1. The molecule has 0 bridgehead atoms. The Morgan fingerprint density at radius 1 is 1.17 bits per heavy atom. The summed E-state index contributed by atoms with van der Waals surface area (Å²) in [5, 5.41) is 3.39. The number of aryl methyl sites for hydroxylation is 2. The van der Waals surface area contributed by atoms with Crippen molar-refractivity contribution in [3.63, 3.8) is 0 Å². The highest BCUT2D eigenvalue weighted by Crippen LogP contribution is 2.35. The topological polar surface area (TPSA) is 63.8 Å². The van der Waals surface area contributed by atoms with Crippen LogP contribution in [0.2, 0.25) is 0 Å². The zero-order valence-corrected chi connectivity index (χ0v) is 11.5. The summed E-state index contributed by atoms with van der Waals surface area (Å²) in [4.78, 5) is 8.84. The molecule has 1 aromatic rings. The minimum absolute atomic E-state index is 0.249. The van der Waals surface area contributed by atoms with Crippen molar-refractivity contribution in [2.24, 2.45) is 11.1 Å². The maximum absolute atomic E-state index is 5.98. The van der Waals surface area contributed by atoms with Crippen molar-refractivity contribution >= 4 is 5.95 Å². The molecular formula is C14H24N4. The zero-order valence-electron chi connectivity index (χ0n) is 11.5. The summed E-state index contributed by atoms with van der Waals surface area (Å²) in [6, 6.07) is 1.99. The molecule has 1 saturated carbocycles. The SMILES string of the molecule is Cc1cc(C)nc(NCC2(CN)CCCCC2)n1. The number of hydrogen-bond donors (Lipinski definition) is 2. The predicted molar refractivity (Wildman–Crippen MR) is 74.6 cm³/mol. The Morgan fingerprint density at radius 3 is 2.33 bits per heavy atom. The van der Waals surface area contributed by atoms with Crippen molar-refractivity contribution in [1.82, 2.24) is 9.97 Å². The zero-order chi connectivity index (χ0) is 13.0. The van der Waals surface area contributed by atoms with E-state index in [4.69, 9.17) is 5.73 Å². The van der Waals surface area contributed by atoms with Crippen LogP contribution in [0.25, 0.3) is 0 Å². The van der Waals surface area contributed by atoms with Gasteiger partial charge in [-0.1, -0.05) is 19.3 Å². The molecule has 1 heterocycles. The normalized spacial score (nSPS) is 18.6. The Balaban J connectivity index is 2.00. The lowest BCUT2D eigenvalue weighted by atomic mass is 9.74. The fourth-order valence-corrected chi connectivity index (χ4v) is 2.83. The molecule has 0 spiro atoms. The van der Waals surface area contributed by atoms with Crippen molar-refractivity contribution in [2.75, 3.05) is 18.4 Å². The van der Waals surface area contributed by atoms with Crippen LogP contribution in [0.15, 0.2) is 6.07 Å². The van der Waals surface area contributed by atoms with E-state index in [0.717, 1.165) is 30.4 Å². The van der Waals surface area contributed by atoms with Gasteiger partial charge in [-0.15, -0.1) is 0 Å². The molecule has 0 saturated heterocycles. The van der Waals surface area contributed by atoms with E-state index in [9.17, 15) is 0 Å². The summed E-state index contributed by atoms with van der Waals surface area (Å²) >= 11 is 0.